The maximum Gasteiger partial charge on any atom is 0.305 e. The number of nitrogens with zero attached hydrogens (tertiary/aromatic N) is 2. The second-order valence-electron chi connectivity index (χ2n) is 15.7. The number of ether oxygens (including phenoxy) is 2. The van der Waals surface area contributed by atoms with Crippen LogP contribution in [0, 0.1) is 39.9 Å². The molecular weight excluding hydrogens is 544 g/mol. The van der Waals surface area contributed by atoms with Gasteiger partial charge in [0, 0.05) is 76.4 Å². The molecule has 43 heavy (non-hydrogen) atoms. The topological polar surface area (TPSA) is 103 Å². The molecule has 0 aromatic rings. The lowest BCUT2D eigenvalue weighted by Crippen LogP contribution is -2.82. The zero-order valence-corrected chi connectivity index (χ0v) is 27.5. The Kier molecular flexibility index (Phi) is 8.73. The highest BCUT2D eigenvalue weighted by Gasteiger charge is 2.74. The summed E-state index contributed by atoms with van der Waals surface area (Å²) in [4.78, 5) is 30.8. The van der Waals surface area contributed by atoms with Crippen molar-refractivity contribution >= 4 is 11.9 Å². The fourth-order valence-electron chi connectivity index (χ4n) is 12.3. The van der Waals surface area contributed by atoms with Gasteiger partial charge in [0.1, 0.15) is 12.3 Å². The van der Waals surface area contributed by atoms with Gasteiger partial charge in [0.15, 0.2) is 0 Å². The number of aliphatic hydroxyl groups is 1. The van der Waals surface area contributed by atoms with Crippen LogP contribution in [0.3, 0.4) is 0 Å². The van der Waals surface area contributed by atoms with E-state index in [1.165, 1.54) is 52.6 Å². The summed E-state index contributed by atoms with van der Waals surface area (Å²) in [6, 6.07) is 0. The van der Waals surface area contributed by atoms with Crippen LogP contribution in [0.4, 0.5) is 0 Å². The van der Waals surface area contributed by atoms with Crippen LogP contribution in [0.5, 0.6) is 0 Å². The number of piperazine rings is 2. The molecule has 9 heteroatoms. The molecule has 4 saturated carbocycles. The molecule has 10 atom stereocenters. The lowest BCUT2D eigenvalue weighted by molar-refractivity contribution is -0.304. The van der Waals surface area contributed by atoms with Crippen molar-refractivity contribution in [2.24, 2.45) is 39.9 Å². The SMILES string of the molecule is COC(=O)CCC1(C)C(OC(C)=O)CC(N2CCNCC2)(N2CCN[C@@H](O)C2)[C@]2(C)C3CC[C@]4(C)CCCC4C3CCC12. The number of hydrogen-bond acceptors (Lipinski definition) is 9. The van der Waals surface area contributed by atoms with Crippen LogP contribution in [0.15, 0.2) is 0 Å². The Morgan fingerprint density at radius 3 is 2.40 bits per heavy atom. The summed E-state index contributed by atoms with van der Waals surface area (Å²) in [6.07, 6.45) is 9.66. The Hall–Kier alpha value is -1.26. The lowest BCUT2D eigenvalue weighted by atomic mass is 9.37. The Balaban J connectivity index is 1.54. The molecule has 6 aliphatic rings. The van der Waals surface area contributed by atoms with Gasteiger partial charge in [0.25, 0.3) is 0 Å². The second-order valence-corrected chi connectivity index (χ2v) is 15.7. The van der Waals surface area contributed by atoms with Gasteiger partial charge in [-0.05, 0) is 74.0 Å². The number of hydrogen-bond donors (Lipinski definition) is 3. The highest BCUT2D eigenvalue weighted by Crippen LogP contribution is 2.73. The molecule has 2 aliphatic heterocycles. The van der Waals surface area contributed by atoms with Crippen LogP contribution in [0.1, 0.15) is 91.9 Å². The number of carbonyl (C=O) groups is 2. The third-order valence-electron chi connectivity index (χ3n) is 14.1. The summed E-state index contributed by atoms with van der Waals surface area (Å²) in [7, 11) is 1.47. The first-order valence-corrected chi connectivity index (χ1v) is 17.4. The zero-order chi connectivity index (χ0) is 30.6. The first kappa shape index (κ1) is 31.7. The van der Waals surface area contributed by atoms with E-state index in [1.807, 2.05) is 0 Å². The van der Waals surface area contributed by atoms with E-state index in [1.54, 1.807) is 0 Å². The maximum atomic E-state index is 12.8. The molecule has 4 aliphatic carbocycles. The molecule has 2 saturated heterocycles. The van der Waals surface area contributed by atoms with Crippen LogP contribution in [-0.2, 0) is 19.1 Å². The van der Waals surface area contributed by atoms with Crippen LogP contribution in [-0.4, -0.2) is 97.8 Å². The van der Waals surface area contributed by atoms with Gasteiger partial charge in [-0.25, -0.2) is 0 Å². The van der Waals surface area contributed by atoms with Gasteiger partial charge in [0.05, 0.1) is 12.8 Å². The zero-order valence-electron chi connectivity index (χ0n) is 27.5. The number of methoxy groups -OCH3 is 1. The van der Waals surface area contributed by atoms with E-state index in [0.717, 1.165) is 51.6 Å². The van der Waals surface area contributed by atoms with Gasteiger partial charge in [-0.1, -0.05) is 27.2 Å². The van der Waals surface area contributed by atoms with Gasteiger partial charge in [-0.3, -0.25) is 24.7 Å². The molecule has 3 N–H and O–H groups in total. The number of β-amino-alcohol motifs (C(OH)–C–C–N with tert-alkyl or cyclic N) is 1. The van der Waals surface area contributed by atoms with E-state index in [-0.39, 0.29) is 40.5 Å². The summed E-state index contributed by atoms with van der Waals surface area (Å²) in [5.74, 6) is 1.82. The highest BCUT2D eigenvalue weighted by molar-refractivity contribution is 5.69. The lowest BCUT2D eigenvalue weighted by Gasteiger charge is -2.75. The molecule has 244 valence electrons. The number of fused-ring (bicyclic) bond motifs is 5. The van der Waals surface area contributed by atoms with Gasteiger partial charge >= 0.3 is 11.9 Å². The Labute approximate surface area is 259 Å². The van der Waals surface area contributed by atoms with Gasteiger partial charge < -0.3 is 19.9 Å². The van der Waals surface area contributed by atoms with E-state index < -0.39 is 6.23 Å². The minimum Gasteiger partial charge on any atom is -0.469 e. The number of rotatable bonds is 6. The predicted octanol–water partition coefficient (Wildman–Crippen LogP) is 3.36. The molecule has 0 bridgehead atoms. The van der Waals surface area contributed by atoms with E-state index >= 15 is 0 Å². The summed E-state index contributed by atoms with van der Waals surface area (Å²) in [5, 5.41) is 18.0. The third kappa shape index (κ3) is 4.99. The minimum absolute atomic E-state index is 0.115. The monoisotopic (exact) mass is 602 g/mol. The smallest absolute Gasteiger partial charge is 0.305 e. The molecule has 0 aromatic heterocycles. The molecular formula is C34H58N4O5. The average Bonchev–Trinajstić information content (AvgIpc) is 3.39. The fourth-order valence-corrected chi connectivity index (χ4v) is 12.3. The van der Waals surface area contributed by atoms with E-state index in [4.69, 9.17) is 9.47 Å². The number of carbonyl (C=O) groups excluding carboxylic acids is 2. The van der Waals surface area contributed by atoms with Crippen molar-refractivity contribution < 1.29 is 24.2 Å². The van der Waals surface area contributed by atoms with Crippen molar-refractivity contribution in [1.82, 2.24) is 20.4 Å². The second kappa shape index (κ2) is 11.8. The largest absolute Gasteiger partial charge is 0.469 e. The van der Waals surface area contributed by atoms with Crippen LogP contribution in [0.25, 0.3) is 0 Å². The van der Waals surface area contributed by atoms with Crippen molar-refractivity contribution in [2.75, 3.05) is 52.9 Å². The Morgan fingerprint density at radius 1 is 0.953 bits per heavy atom. The van der Waals surface area contributed by atoms with Crippen molar-refractivity contribution in [1.29, 1.82) is 0 Å². The third-order valence-corrected chi connectivity index (χ3v) is 14.1. The number of nitrogens with one attached hydrogen (secondary N) is 2. The van der Waals surface area contributed by atoms with Crippen molar-refractivity contribution in [3.8, 4) is 0 Å². The van der Waals surface area contributed by atoms with Crippen molar-refractivity contribution in [2.45, 2.75) is 110 Å². The molecule has 7 unspecified atom stereocenters. The average molecular weight is 603 g/mol. The summed E-state index contributed by atoms with van der Waals surface area (Å²) >= 11 is 0. The first-order chi connectivity index (χ1) is 20.5. The molecule has 9 nitrogen and oxygen atoms in total. The number of esters is 2. The minimum atomic E-state index is -0.584. The molecule has 6 fully saturated rings. The maximum absolute atomic E-state index is 12.8. The Bertz CT molecular complexity index is 1050. The summed E-state index contributed by atoms with van der Waals surface area (Å²) in [5.41, 5.74) is -0.393. The van der Waals surface area contributed by atoms with E-state index in [9.17, 15) is 14.7 Å². The normalized spacial score (nSPS) is 47.2. The first-order valence-electron chi connectivity index (χ1n) is 17.4. The molecule has 0 spiro atoms. The predicted molar refractivity (Wildman–Crippen MR) is 165 cm³/mol. The van der Waals surface area contributed by atoms with Crippen LogP contribution in [0.2, 0.25) is 0 Å². The van der Waals surface area contributed by atoms with Crippen molar-refractivity contribution in [3.05, 3.63) is 0 Å². The van der Waals surface area contributed by atoms with Gasteiger partial charge in [-0.2, -0.15) is 0 Å². The molecule has 2 heterocycles. The fraction of sp³-hybridized carbons (Fsp3) is 0.941. The summed E-state index contributed by atoms with van der Waals surface area (Å²) < 4.78 is 11.6. The van der Waals surface area contributed by atoms with E-state index in [0.29, 0.717) is 43.1 Å². The van der Waals surface area contributed by atoms with Crippen LogP contribution >= 0.6 is 0 Å². The highest BCUT2D eigenvalue weighted by atomic mass is 16.5. The molecule has 0 aromatic carbocycles. The van der Waals surface area contributed by atoms with Crippen LogP contribution < -0.4 is 10.6 Å². The molecule has 6 rings (SSSR count). The molecule has 0 amide bonds. The number of aliphatic hydroxyl groups excluding tert-OH is 1. The molecule has 0 radical (unpaired) electrons. The Morgan fingerprint density at radius 2 is 1.70 bits per heavy atom. The van der Waals surface area contributed by atoms with E-state index in [2.05, 4.69) is 41.2 Å². The standard InChI is InChI=1S/C34H58N4O5/c1-23(39)43-28-21-34(37-18-15-35-16-19-37,38-20-17-36-29(40)22-38)33(4)26-10-13-31(2)12-6-7-25(31)24(26)8-9-27(33)32(28,3)14-11-30(41)42-5/h24-29,35-36,40H,6-22H2,1-5H3/t24?,25?,26?,27?,28?,29-,31-,32?,33+,34?/m0/s1. The summed E-state index contributed by atoms with van der Waals surface area (Å²) in [6.45, 7) is 14.9. The quantitative estimate of drug-likeness (QED) is 0.395. The van der Waals surface area contributed by atoms with Gasteiger partial charge in [0.2, 0.25) is 0 Å². The van der Waals surface area contributed by atoms with Crippen molar-refractivity contribution in [3.63, 3.8) is 0 Å². The van der Waals surface area contributed by atoms with Gasteiger partial charge in [-0.15, -0.1) is 0 Å².